The summed E-state index contributed by atoms with van der Waals surface area (Å²) in [5.74, 6) is 0.190. The highest BCUT2D eigenvalue weighted by molar-refractivity contribution is 7.92. The van der Waals surface area contributed by atoms with E-state index in [-0.39, 0.29) is 30.7 Å². The predicted octanol–water partition coefficient (Wildman–Crippen LogP) is 3.53. The number of sulfonamides is 1. The second-order valence-corrected chi connectivity index (χ2v) is 9.74. The van der Waals surface area contributed by atoms with E-state index in [0.717, 1.165) is 11.1 Å². The zero-order valence-electron chi connectivity index (χ0n) is 18.8. The maximum atomic E-state index is 14.2. The molecule has 1 aliphatic heterocycles. The van der Waals surface area contributed by atoms with Crippen molar-refractivity contribution < 1.29 is 31.8 Å². The average Bonchev–Trinajstić information content (AvgIpc) is 3.29. The lowest BCUT2D eigenvalue weighted by molar-refractivity contribution is -0.122. The van der Waals surface area contributed by atoms with Crippen LogP contribution >= 0.6 is 0 Å². The molecule has 0 saturated carbocycles. The van der Waals surface area contributed by atoms with E-state index in [4.69, 9.17) is 19.9 Å². The van der Waals surface area contributed by atoms with Gasteiger partial charge in [-0.25, -0.2) is 12.8 Å². The molecule has 0 saturated heterocycles. The molecule has 3 N–H and O–H groups in total. The quantitative estimate of drug-likeness (QED) is 0.416. The number of primary amides is 1. The van der Waals surface area contributed by atoms with Gasteiger partial charge in [0.1, 0.15) is 12.4 Å². The average molecular weight is 501 g/mol. The SMILES string of the molecule is NC(=O)COCc1ccc(F)c(CCCc2ccc(S(=O)(=O)Nc3ccc4c(c3)OCO4)cc2)c1. The Morgan fingerprint density at radius 2 is 1.71 bits per heavy atom. The minimum absolute atomic E-state index is 0.108. The standard InChI is InChI=1S/C25H25FN2O6S/c26-22-10-6-18(14-32-15-25(27)29)12-19(22)3-1-2-17-4-8-21(9-5-17)35(30,31)28-20-7-11-23-24(13-20)34-16-33-23/h4-13,28H,1-3,14-16H2,(H2,27,29). The molecule has 0 unspecified atom stereocenters. The minimum Gasteiger partial charge on any atom is -0.454 e. The number of rotatable bonds is 11. The number of halogens is 1. The second-order valence-electron chi connectivity index (χ2n) is 8.06. The van der Waals surface area contributed by atoms with Crippen LogP contribution in [0.15, 0.2) is 65.6 Å². The van der Waals surface area contributed by atoms with Crippen molar-refractivity contribution in [3.8, 4) is 11.5 Å². The minimum atomic E-state index is -3.77. The van der Waals surface area contributed by atoms with Gasteiger partial charge in [-0.05, 0) is 66.3 Å². The number of ether oxygens (including phenoxy) is 3. The molecule has 0 spiro atoms. The number of carbonyl (C=O) groups is 1. The van der Waals surface area contributed by atoms with Crippen LogP contribution in [0.25, 0.3) is 0 Å². The van der Waals surface area contributed by atoms with Crippen molar-refractivity contribution in [2.75, 3.05) is 18.1 Å². The van der Waals surface area contributed by atoms with E-state index in [1.54, 1.807) is 54.6 Å². The van der Waals surface area contributed by atoms with Crippen LogP contribution in [0.3, 0.4) is 0 Å². The number of anilines is 1. The first-order chi connectivity index (χ1) is 16.8. The number of hydrogen-bond acceptors (Lipinski definition) is 6. The molecular weight excluding hydrogens is 475 g/mol. The Balaban J connectivity index is 1.32. The summed E-state index contributed by atoms with van der Waals surface area (Å²) in [6.07, 6.45) is 1.82. The van der Waals surface area contributed by atoms with Crippen LogP contribution in [-0.2, 0) is 39.0 Å². The van der Waals surface area contributed by atoms with Crippen LogP contribution in [0.4, 0.5) is 10.1 Å². The van der Waals surface area contributed by atoms with E-state index in [9.17, 15) is 17.6 Å². The van der Waals surface area contributed by atoms with Crippen molar-refractivity contribution in [2.45, 2.75) is 30.8 Å². The number of nitrogens with two attached hydrogens (primary N) is 1. The molecule has 0 aliphatic carbocycles. The molecule has 1 aliphatic rings. The molecule has 184 valence electrons. The Morgan fingerprint density at radius 3 is 2.49 bits per heavy atom. The summed E-state index contributed by atoms with van der Waals surface area (Å²) < 4.78 is 57.9. The van der Waals surface area contributed by atoms with E-state index in [1.807, 2.05) is 0 Å². The highest BCUT2D eigenvalue weighted by Crippen LogP contribution is 2.34. The fraction of sp³-hybridized carbons (Fsp3) is 0.240. The second kappa shape index (κ2) is 10.7. The van der Waals surface area contributed by atoms with Gasteiger partial charge in [0, 0.05) is 6.07 Å². The van der Waals surface area contributed by atoms with Gasteiger partial charge in [-0.3, -0.25) is 9.52 Å². The van der Waals surface area contributed by atoms with Crippen molar-refractivity contribution in [2.24, 2.45) is 5.73 Å². The van der Waals surface area contributed by atoms with Gasteiger partial charge >= 0.3 is 0 Å². The number of aryl methyl sites for hydroxylation is 2. The highest BCUT2D eigenvalue weighted by Gasteiger charge is 2.18. The lowest BCUT2D eigenvalue weighted by Crippen LogP contribution is -2.17. The van der Waals surface area contributed by atoms with Gasteiger partial charge in [-0.2, -0.15) is 0 Å². The smallest absolute Gasteiger partial charge is 0.261 e. The monoisotopic (exact) mass is 500 g/mol. The van der Waals surface area contributed by atoms with Crippen LogP contribution < -0.4 is 19.9 Å². The zero-order chi connectivity index (χ0) is 24.8. The summed E-state index contributed by atoms with van der Waals surface area (Å²) >= 11 is 0. The molecule has 0 atom stereocenters. The lowest BCUT2D eigenvalue weighted by atomic mass is 10.0. The summed E-state index contributed by atoms with van der Waals surface area (Å²) in [6.45, 7) is 0.0908. The third kappa shape index (κ3) is 6.49. The first-order valence-electron chi connectivity index (χ1n) is 10.9. The van der Waals surface area contributed by atoms with Crippen molar-refractivity contribution in [3.05, 3.63) is 83.2 Å². The van der Waals surface area contributed by atoms with Crippen molar-refractivity contribution in [3.63, 3.8) is 0 Å². The Bertz CT molecular complexity index is 1310. The number of amides is 1. The number of benzene rings is 3. The summed E-state index contributed by atoms with van der Waals surface area (Å²) in [5.41, 5.74) is 7.67. The van der Waals surface area contributed by atoms with Crippen molar-refractivity contribution in [1.29, 1.82) is 0 Å². The lowest BCUT2D eigenvalue weighted by Gasteiger charge is -2.10. The third-order valence-corrected chi connectivity index (χ3v) is 6.79. The molecule has 4 rings (SSSR count). The summed E-state index contributed by atoms with van der Waals surface area (Å²) in [5, 5.41) is 0. The van der Waals surface area contributed by atoms with Crippen LogP contribution in [0.2, 0.25) is 0 Å². The van der Waals surface area contributed by atoms with E-state index in [0.29, 0.717) is 42.0 Å². The third-order valence-electron chi connectivity index (χ3n) is 5.39. The maximum absolute atomic E-state index is 14.2. The molecule has 0 bridgehead atoms. The van der Waals surface area contributed by atoms with Crippen LogP contribution in [0, 0.1) is 5.82 Å². The summed E-state index contributed by atoms with van der Waals surface area (Å²) in [6, 6.07) is 16.1. The van der Waals surface area contributed by atoms with Crippen LogP contribution in [0.1, 0.15) is 23.1 Å². The molecule has 0 radical (unpaired) electrons. The van der Waals surface area contributed by atoms with E-state index >= 15 is 0 Å². The van der Waals surface area contributed by atoms with Gasteiger partial charge in [0.15, 0.2) is 11.5 Å². The van der Waals surface area contributed by atoms with Gasteiger partial charge in [-0.15, -0.1) is 0 Å². The molecule has 3 aromatic carbocycles. The van der Waals surface area contributed by atoms with Crippen molar-refractivity contribution in [1.82, 2.24) is 0 Å². The normalized spacial score (nSPS) is 12.5. The van der Waals surface area contributed by atoms with E-state index in [1.165, 1.54) is 6.07 Å². The summed E-state index contributed by atoms with van der Waals surface area (Å²) in [7, 11) is -3.77. The molecule has 1 heterocycles. The van der Waals surface area contributed by atoms with Gasteiger partial charge in [0.25, 0.3) is 10.0 Å². The van der Waals surface area contributed by atoms with Gasteiger partial charge in [0.2, 0.25) is 12.7 Å². The first kappa shape index (κ1) is 24.5. The summed E-state index contributed by atoms with van der Waals surface area (Å²) in [4.78, 5) is 10.9. The van der Waals surface area contributed by atoms with Gasteiger partial charge in [-0.1, -0.05) is 24.3 Å². The predicted molar refractivity (Wildman–Crippen MR) is 127 cm³/mol. The Labute approximate surface area is 202 Å². The number of fused-ring (bicyclic) bond motifs is 1. The Morgan fingerprint density at radius 1 is 0.971 bits per heavy atom. The number of hydrogen-bond donors (Lipinski definition) is 2. The molecular formula is C25H25FN2O6S. The molecule has 35 heavy (non-hydrogen) atoms. The van der Waals surface area contributed by atoms with E-state index in [2.05, 4.69) is 4.72 Å². The maximum Gasteiger partial charge on any atom is 0.261 e. The highest BCUT2D eigenvalue weighted by atomic mass is 32.2. The van der Waals surface area contributed by atoms with Gasteiger partial charge in [0.05, 0.1) is 17.2 Å². The molecule has 0 fully saturated rings. The fourth-order valence-corrected chi connectivity index (χ4v) is 4.72. The van der Waals surface area contributed by atoms with Crippen LogP contribution in [0.5, 0.6) is 11.5 Å². The van der Waals surface area contributed by atoms with Crippen molar-refractivity contribution >= 4 is 21.6 Å². The fourth-order valence-electron chi connectivity index (χ4n) is 3.67. The Kier molecular flexibility index (Phi) is 7.52. The molecule has 8 nitrogen and oxygen atoms in total. The first-order valence-corrected chi connectivity index (χ1v) is 12.4. The largest absolute Gasteiger partial charge is 0.454 e. The van der Waals surface area contributed by atoms with Gasteiger partial charge < -0.3 is 19.9 Å². The number of nitrogens with one attached hydrogen (secondary N) is 1. The molecule has 3 aromatic rings. The Hall–Kier alpha value is -3.63. The van der Waals surface area contributed by atoms with E-state index < -0.39 is 15.9 Å². The van der Waals surface area contributed by atoms with Crippen LogP contribution in [-0.4, -0.2) is 27.7 Å². The number of carbonyl (C=O) groups excluding carboxylic acids is 1. The zero-order valence-corrected chi connectivity index (χ0v) is 19.6. The molecule has 1 amide bonds. The molecule has 0 aromatic heterocycles. The molecule has 10 heteroatoms. The topological polar surface area (TPSA) is 117 Å².